The highest BCUT2D eigenvalue weighted by Gasteiger charge is 2.44. The van der Waals surface area contributed by atoms with Crippen LogP contribution in [0.5, 0.6) is 0 Å². The first kappa shape index (κ1) is 14.8. The van der Waals surface area contributed by atoms with E-state index in [-0.39, 0.29) is 17.6 Å². The number of piperidine rings is 3. The molecule has 2 bridgehead atoms. The second kappa shape index (κ2) is 5.70. The molecule has 23 heavy (non-hydrogen) atoms. The van der Waals surface area contributed by atoms with E-state index in [2.05, 4.69) is 20.5 Å². The first-order chi connectivity index (χ1) is 11.1. The largest absolute Gasteiger partial charge is 0.353 e. The molecular formula is C16H23N5O2. The molecule has 1 aromatic heterocycles. The van der Waals surface area contributed by atoms with Crippen LogP contribution in [0.3, 0.4) is 0 Å². The van der Waals surface area contributed by atoms with Crippen molar-refractivity contribution < 1.29 is 9.59 Å². The Morgan fingerprint density at radius 1 is 1.35 bits per heavy atom. The Kier molecular flexibility index (Phi) is 3.67. The Balaban J connectivity index is 1.39. The van der Waals surface area contributed by atoms with E-state index in [4.69, 9.17) is 0 Å². The SMILES string of the molecule is CC(=O)c1cn(CC2CC3CCN2CC3C(=O)NC2CC2)nn1. The van der Waals surface area contributed by atoms with Crippen molar-refractivity contribution in [2.75, 3.05) is 13.1 Å². The van der Waals surface area contributed by atoms with Gasteiger partial charge < -0.3 is 5.32 Å². The van der Waals surface area contributed by atoms with Crippen LogP contribution in [0.15, 0.2) is 6.20 Å². The van der Waals surface area contributed by atoms with Crippen molar-refractivity contribution in [3.8, 4) is 0 Å². The van der Waals surface area contributed by atoms with Crippen molar-refractivity contribution >= 4 is 11.7 Å². The lowest BCUT2D eigenvalue weighted by molar-refractivity contribution is -0.133. The minimum absolute atomic E-state index is 0.0569. The molecule has 4 atom stereocenters. The summed E-state index contributed by atoms with van der Waals surface area (Å²) in [5, 5.41) is 11.1. The average molecular weight is 317 g/mol. The molecular weight excluding hydrogens is 294 g/mol. The normalized spacial score (nSPS) is 32.7. The summed E-state index contributed by atoms with van der Waals surface area (Å²) in [5.74, 6) is 0.808. The fourth-order valence-corrected chi connectivity index (χ4v) is 3.93. The smallest absolute Gasteiger partial charge is 0.224 e. The molecule has 7 heteroatoms. The molecule has 0 spiro atoms. The summed E-state index contributed by atoms with van der Waals surface area (Å²) in [6.45, 7) is 4.15. The molecule has 4 unspecified atom stereocenters. The van der Waals surface area contributed by atoms with Crippen molar-refractivity contribution in [3.63, 3.8) is 0 Å². The van der Waals surface area contributed by atoms with Gasteiger partial charge in [-0.1, -0.05) is 5.21 Å². The summed E-state index contributed by atoms with van der Waals surface area (Å²) < 4.78 is 1.77. The van der Waals surface area contributed by atoms with Gasteiger partial charge in [0.25, 0.3) is 0 Å². The van der Waals surface area contributed by atoms with E-state index >= 15 is 0 Å². The molecule has 4 fully saturated rings. The first-order valence-electron chi connectivity index (χ1n) is 8.55. The molecule has 0 aromatic carbocycles. The van der Waals surface area contributed by atoms with Gasteiger partial charge in [-0.05, 0) is 38.1 Å². The number of aromatic nitrogens is 3. The predicted octanol–water partition coefficient (Wildman–Crippen LogP) is 0.470. The second-order valence-corrected chi connectivity index (χ2v) is 7.20. The Hall–Kier alpha value is -1.76. The van der Waals surface area contributed by atoms with E-state index in [1.54, 1.807) is 10.9 Å². The van der Waals surface area contributed by atoms with Gasteiger partial charge >= 0.3 is 0 Å². The van der Waals surface area contributed by atoms with Crippen LogP contribution in [-0.4, -0.2) is 56.8 Å². The minimum Gasteiger partial charge on any atom is -0.353 e. The fourth-order valence-electron chi connectivity index (χ4n) is 3.93. The molecule has 3 saturated heterocycles. The number of carbonyl (C=O) groups excluding carboxylic acids is 2. The van der Waals surface area contributed by atoms with Gasteiger partial charge in [0.1, 0.15) is 5.69 Å². The van der Waals surface area contributed by atoms with Crippen LogP contribution in [0.1, 0.15) is 43.1 Å². The van der Waals surface area contributed by atoms with Gasteiger partial charge in [0.05, 0.1) is 18.7 Å². The number of hydrogen-bond acceptors (Lipinski definition) is 5. The fraction of sp³-hybridized carbons (Fsp3) is 0.750. The standard InChI is InChI=1S/C16H23N5O2/c1-10(22)15-9-21(19-18-15)7-13-6-11-4-5-20(13)8-14(11)16(23)17-12-2-3-12/h9,11-14H,2-8H2,1H3,(H,17,23). The maximum absolute atomic E-state index is 12.4. The molecule has 3 aliphatic heterocycles. The third kappa shape index (κ3) is 3.02. The van der Waals surface area contributed by atoms with Crippen LogP contribution in [0.2, 0.25) is 0 Å². The van der Waals surface area contributed by atoms with E-state index in [1.165, 1.54) is 6.92 Å². The van der Waals surface area contributed by atoms with Gasteiger partial charge in [0.2, 0.25) is 5.91 Å². The van der Waals surface area contributed by atoms with Gasteiger partial charge in [-0.25, -0.2) is 0 Å². The molecule has 4 heterocycles. The molecule has 1 saturated carbocycles. The number of rotatable bonds is 5. The van der Waals surface area contributed by atoms with Crippen LogP contribution in [0.25, 0.3) is 0 Å². The Morgan fingerprint density at radius 2 is 2.17 bits per heavy atom. The van der Waals surface area contributed by atoms with E-state index < -0.39 is 0 Å². The number of nitrogens with one attached hydrogen (secondary N) is 1. The molecule has 1 amide bonds. The highest BCUT2D eigenvalue weighted by Crippen LogP contribution is 2.37. The lowest BCUT2D eigenvalue weighted by Crippen LogP contribution is -2.58. The number of carbonyl (C=O) groups is 2. The third-order valence-corrected chi connectivity index (χ3v) is 5.44. The first-order valence-corrected chi connectivity index (χ1v) is 8.55. The molecule has 1 aromatic rings. The van der Waals surface area contributed by atoms with E-state index in [0.29, 0.717) is 23.7 Å². The quantitative estimate of drug-likeness (QED) is 0.799. The number of amides is 1. The number of Topliss-reactive ketones (excluding diaryl/α,β-unsaturated/α-hetero) is 1. The van der Waals surface area contributed by atoms with E-state index in [0.717, 1.165) is 45.3 Å². The highest BCUT2D eigenvalue weighted by molar-refractivity contribution is 5.91. The molecule has 124 valence electrons. The molecule has 1 aliphatic carbocycles. The van der Waals surface area contributed by atoms with Gasteiger partial charge in [-0.15, -0.1) is 5.10 Å². The Bertz CT molecular complexity index is 624. The Labute approximate surface area is 135 Å². The van der Waals surface area contributed by atoms with E-state index in [9.17, 15) is 9.59 Å². The number of fused-ring (bicyclic) bond motifs is 3. The lowest BCUT2D eigenvalue weighted by Gasteiger charge is -2.49. The van der Waals surface area contributed by atoms with E-state index in [1.807, 2.05) is 0 Å². The van der Waals surface area contributed by atoms with Crippen molar-refractivity contribution in [2.24, 2.45) is 11.8 Å². The maximum Gasteiger partial charge on any atom is 0.224 e. The number of hydrogen-bond donors (Lipinski definition) is 1. The zero-order chi connectivity index (χ0) is 16.0. The average Bonchev–Trinajstić information content (AvgIpc) is 3.22. The molecule has 5 rings (SSSR count). The van der Waals surface area contributed by atoms with Crippen molar-refractivity contribution in [3.05, 3.63) is 11.9 Å². The summed E-state index contributed by atoms with van der Waals surface area (Å²) in [6.07, 6.45) is 6.14. The maximum atomic E-state index is 12.4. The molecule has 1 N–H and O–H groups in total. The summed E-state index contributed by atoms with van der Waals surface area (Å²) in [7, 11) is 0. The topological polar surface area (TPSA) is 80.1 Å². The van der Waals surface area contributed by atoms with Crippen molar-refractivity contribution in [1.29, 1.82) is 0 Å². The zero-order valence-electron chi connectivity index (χ0n) is 13.4. The predicted molar refractivity (Wildman–Crippen MR) is 82.8 cm³/mol. The van der Waals surface area contributed by atoms with Crippen LogP contribution >= 0.6 is 0 Å². The molecule has 7 nitrogen and oxygen atoms in total. The van der Waals surface area contributed by atoms with Crippen molar-refractivity contribution in [2.45, 2.75) is 51.2 Å². The monoisotopic (exact) mass is 317 g/mol. The second-order valence-electron chi connectivity index (χ2n) is 7.20. The molecule has 0 radical (unpaired) electrons. The van der Waals surface area contributed by atoms with Crippen LogP contribution in [0, 0.1) is 11.8 Å². The van der Waals surface area contributed by atoms with Crippen LogP contribution in [0.4, 0.5) is 0 Å². The minimum atomic E-state index is -0.0569. The lowest BCUT2D eigenvalue weighted by atomic mass is 9.75. The summed E-state index contributed by atoms with van der Waals surface area (Å²) in [4.78, 5) is 26.1. The Morgan fingerprint density at radius 3 is 2.78 bits per heavy atom. The number of nitrogens with zero attached hydrogens (tertiary/aromatic N) is 4. The third-order valence-electron chi connectivity index (χ3n) is 5.44. The summed E-state index contributed by atoms with van der Waals surface area (Å²) in [6, 6.07) is 0.828. The highest BCUT2D eigenvalue weighted by atomic mass is 16.2. The van der Waals surface area contributed by atoms with Gasteiger partial charge in [-0.3, -0.25) is 19.2 Å². The van der Waals surface area contributed by atoms with Crippen LogP contribution < -0.4 is 5.32 Å². The van der Waals surface area contributed by atoms with Gasteiger partial charge in [0, 0.05) is 25.6 Å². The van der Waals surface area contributed by atoms with Crippen molar-refractivity contribution in [1.82, 2.24) is 25.2 Å². The zero-order valence-corrected chi connectivity index (χ0v) is 13.4. The van der Waals surface area contributed by atoms with Gasteiger partial charge in [0.15, 0.2) is 5.78 Å². The van der Waals surface area contributed by atoms with Crippen LogP contribution in [-0.2, 0) is 11.3 Å². The number of ketones is 1. The van der Waals surface area contributed by atoms with Gasteiger partial charge in [-0.2, -0.15) is 0 Å². The summed E-state index contributed by atoms with van der Waals surface area (Å²) >= 11 is 0. The molecule has 4 aliphatic rings. The summed E-state index contributed by atoms with van der Waals surface area (Å²) in [5.41, 5.74) is 0.419.